The van der Waals surface area contributed by atoms with Gasteiger partial charge in [0.2, 0.25) is 5.91 Å². The van der Waals surface area contributed by atoms with E-state index in [0.29, 0.717) is 25.8 Å². The minimum atomic E-state index is -1.52. The van der Waals surface area contributed by atoms with Crippen LogP contribution in [0.4, 0.5) is 5.82 Å². The Labute approximate surface area is 173 Å². The van der Waals surface area contributed by atoms with Gasteiger partial charge in [-0.3, -0.25) is 9.59 Å². The molecule has 1 unspecified atom stereocenters. The summed E-state index contributed by atoms with van der Waals surface area (Å²) in [7, 11) is 0. The van der Waals surface area contributed by atoms with E-state index >= 15 is 0 Å². The number of rotatable bonds is 5. The van der Waals surface area contributed by atoms with Gasteiger partial charge in [-0.15, -0.1) is 0 Å². The molecule has 1 aliphatic heterocycles. The smallest absolute Gasteiger partial charge is 0.361 e. The third kappa shape index (κ3) is 4.04. The van der Waals surface area contributed by atoms with E-state index in [9.17, 15) is 19.6 Å². The lowest BCUT2D eigenvalue weighted by Gasteiger charge is -2.39. The molecular formula is C19H25N7O4. The molecule has 3 rings (SSSR count). The van der Waals surface area contributed by atoms with Crippen LogP contribution in [0.25, 0.3) is 0 Å². The van der Waals surface area contributed by atoms with Crippen molar-refractivity contribution in [1.82, 2.24) is 14.9 Å². The molecule has 2 fully saturated rings. The number of esters is 1. The fourth-order valence-electron chi connectivity index (χ4n) is 4.15. The summed E-state index contributed by atoms with van der Waals surface area (Å²) in [5, 5.41) is 9.20. The lowest BCUT2D eigenvalue weighted by atomic mass is 9.75. The number of ether oxygens (including phenoxy) is 1. The van der Waals surface area contributed by atoms with Crippen molar-refractivity contribution in [2.24, 2.45) is 17.4 Å². The fourth-order valence-corrected chi connectivity index (χ4v) is 4.15. The van der Waals surface area contributed by atoms with E-state index in [1.165, 1.54) is 17.3 Å². The van der Waals surface area contributed by atoms with Crippen molar-refractivity contribution < 1.29 is 19.1 Å². The molecule has 1 saturated carbocycles. The Morgan fingerprint density at radius 2 is 1.90 bits per heavy atom. The number of primary amides is 1. The minimum absolute atomic E-state index is 0.110. The SMILES string of the molecule is N#CC1CCCN1C(=O)[C@@H](N)C1CCC(OC(=O)c2nccnc2N)(C(N)=O)CC1. The van der Waals surface area contributed by atoms with E-state index in [4.69, 9.17) is 21.9 Å². The predicted molar refractivity (Wildman–Crippen MR) is 104 cm³/mol. The standard InChI is InChI=1S/C19H25N7O4/c20-10-12-2-1-9-26(12)16(27)13(21)11-3-5-19(6-4-11,18(23)29)30-17(28)14-15(22)25-8-7-24-14/h7-8,11-13H,1-6,9,21H2,(H2,22,25)(H2,23,29)/t11?,12?,13-,19?/m0/s1. The van der Waals surface area contributed by atoms with E-state index < -0.39 is 29.6 Å². The Bertz CT molecular complexity index is 876. The van der Waals surface area contributed by atoms with Crippen molar-refractivity contribution in [3.63, 3.8) is 0 Å². The zero-order valence-electron chi connectivity index (χ0n) is 16.5. The molecule has 1 aromatic rings. The number of likely N-dealkylation sites (tertiary alicyclic amines) is 1. The number of nitrogens with two attached hydrogens (primary N) is 3. The maximum atomic E-state index is 12.8. The van der Waals surface area contributed by atoms with Crippen LogP contribution in [0.15, 0.2) is 12.4 Å². The van der Waals surface area contributed by atoms with E-state index in [1.54, 1.807) is 0 Å². The van der Waals surface area contributed by atoms with Crippen LogP contribution in [0.1, 0.15) is 49.0 Å². The Morgan fingerprint density at radius 3 is 2.50 bits per heavy atom. The number of carbonyl (C=O) groups excluding carboxylic acids is 3. The van der Waals surface area contributed by atoms with Gasteiger partial charge in [0.25, 0.3) is 5.91 Å². The average Bonchev–Trinajstić information content (AvgIpc) is 3.22. The molecule has 1 saturated heterocycles. The highest BCUT2D eigenvalue weighted by atomic mass is 16.6. The van der Waals surface area contributed by atoms with Crippen molar-refractivity contribution in [3.05, 3.63) is 18.1 Å². The highest BCUT2D eigenvalue weighted by Gasteiger charge is 2.47. The molecule has 1 aliphatic carbocycles. The second-order valence-corrected chi connectivity index (χ2v) is 7.72. The first-order chi connectivity index (χ1) is 14.3. The number of aromatic nitrogens is 2. The summed E-state index contributed by atoms with van der Waals surface area (Å²) < 4.78 is 5.45. The first kappa shape index (κ1) is 21.4. The molecule has 30 heavy (non-hydrogen) atoms. The number of carbonyl (C=O) groups is 3. The van der Waals surface area contributed by atoms with Gasteiger partial charge >= 0.3 is 5.97 Å². The second kappa shape index (κ2) is 8.62. The predicted octanol–water partition coefficient (Wildman–Crippen LogP) is -0.528. The Balaban J connectivity index is 1.67. The fraction of sp³-hybridized carbons (Fsp3) is 0.579. The van der Waals surface area contributed by atoms with Gasteiger partial charge in [-0.1, -0.05) is 0 Å². The molecule has 2 amide bonds. The first-order valence-electron chi connectivity index (χ1n) is 9.84. The highest BCUT2D eigenvalue weighted by Crippen LogP contribution is 2.37. The first-order valence-corrected chi connectivity index (χ1v) is 9.84. The summed E-state index contributed by atoms with van der Waals surface area (Å²) in [6.07, 6.45) is 5.02. The van der Waals surface area contributed by atoms with Crippen molar-refractivity contribution in [2.75, 3.05) is 12.3 Å². The number of nitrogens with zero attached hydrogens (tertiary/aromatic N) is 4. The average molecular weight is 415 g/mol. The van der Waals surface area contributed by atoms with Crippen LogP contribution in [0, 0.1) is 17.2 Å². The van der Waals surface area contributed by atoms with Crippen LogP contribution in [0.2, 0.25) is 0 Å². The number of hydrogen-bond acceptors (Lipinski definition) is 9. The molecule has 2 aliphatic rings. The molecule has 0 aromatic carbocycles. The van der Waals surface area contributed by atoms with Crippen LogP contribution in [-0.2, 0) is 14.3 Å². The summed E-state index contributed by atoms with van der Waals surface area (Å²) in [5.41, 5.74) is 15.7. The molecule has 0 spiro atoms. The quantitative estimate of drug-likeness (QED) is 0.530. The summed E-state index contributed by atoms with van der Waals surface area (Å²) in [4.78, 5) is 46.6. The highest BCUT2D eigenvalue weighted by molar-refractivity contribution is 5.95. The van der Waals surface area contributed by atoms with Crippen molar-refractivity contribution in [1.29, 1.82) is 5.26 Å². The maximum Gasteiger partial charge on any atom is 0.361 e. The van der Waals surface area contributed by atoms with E-state index in [-0.39, 0.29) is 36.2 Å². The van der Waals surface area contributed by atoms with Gasteiger partial charge in [0.05, 0.1) is 12.1 Å². The van der Waals surface area contributed by atoms with Gasteiger partial charge in [-0.05, 0) is 44.4 Å². The molecule has 11 heteroatoms. The molecule has 160 valence electrons. The van der Waals surface area contributed by atoms with Gasteiger partial charge in [0.15, 0.2) is 17.1 Å². The van der Waals surface area contributed by atoms with Gasteiger partial charge in [0, 0.05) is 18.9 Å². The Kier molecular flexibility index (Phi) is 6.17. The van der Waals surface area contributed by atoms with Crippen LogP contribution in [0.5, 0.6) is 0 Å². The van der Waals surface area contributed by atoms with Gasteiger partial charge in [-0.2, -0.15) is 5.26 Å². The summed E-state index contributed by atoms with van der Waals surface area (Å²) in [6, 6.07) is 0.888. The zero-order valence-corrected chi connectivity index (χ0v) is 16.5. The Morgan fingerprint density at radius 1 is 1.23 bits per heavy atom. The monoisotopic (exact) mass is 415 g/mol. The molecule has 2 heterocycles. The third-order valence-electron chi connectivity index (χ3n) is 5.97. The van der Waals surface area contributed by atoms with Gasteiger partial charge < -0.3 is 26.8 Å². The Hall–Kier alpha value is -3.26. The van der Waals surface area contributed by atoms with Gasteiger partial charge in [0.1, 0.15) is 6.04 Å². The van der Waals surface area contributed by atoms with Crippen LogP contribution in [-0.4, -0.2) is 56.9 Å². The molecule has 6 N–H and O–H groups in total. The lowest BCUT2D eigenvalue weighted by molar-refractivity contribution is -0.143. The topological polar surface area (TPSA) is 191 Å². The van der Waals surface area contributed by atoms with Crippen molar-refractivity contribution in [2.45, 2.75) is 56.2 Å². The van der Waals surface area contributed by atoms with E-state index in [2.05, 4.69) is 16.0 Å². The molecule has 2 atom stereocenters. The number of amides is 2. The minimum Gasteiger partial charge on any atom is -0.444 e. The van der Waals surface area contributed by atoms with Crippen molar-refractivity contribution in [3.8, 4) is 6.07 Å². The van der Waals surface area contributed by atoms with Crippen LogP contribution < -0.4 is 17.2 Å². The van der Waals surface area contributed by atoms with Crippen molar-refractivity contribution >= 4 is 23.6 Å². The van der Waals surface area contributed by atoms with Crippen LogP contribution >= 0.6 is 0 Å². The molecular weight excluding hydrogens is 390 g/mol. The third-order valence-corrected chi connectivity index (χ3v) is 5.97. The number of nitriles is 1. The molecule has 0 bridgehead atoms. The summed E-state index contributed by atoms with van der Waals surface area (Å²) >= 11 is 0. The summed E-state index contributed by atoms with van der Waals surface area (Å²) in [6.45, 7) is 0.514. The molecule has 0 radical (unpaired) electrons. The second-order valence-electron chi connectivity index (χ2n) is 7.72. The molecule has 1 aromatic heterocycles. The van der Waals surface area contributed by atoms with E-state index in [1.807, 2.05) is 0 Å². The number of hydrogen-bond donors (Lipinski definition) is 3. The van der Waals surface area contributed by atoms with Gasteiger partial charge in [-0.25, -0.2) is 14.8 Å². The largest absolute Gasteiger partial charge is 0.444 e. The zero-order chi connectivity index (χ0) is 21.9. The number of anilines is 1. The normalized spacial score (nSPS) is 27.1. The lowest BCUT2D eigenvalue weighted by Crippen LogP contribution is -2.54. The summed E-state index contributed by atoms with van der Waals surface area (Å²) in [5.74, 6) is -2.25. The van der Waals surface area contributed by atoms with E-state index in [0.717, 1.165) is 6.42 Å². The molecule has 11 nitrogen and oxygen atoms in total. The number of nitrogen functional groups attached to an aromatic ring is 1. The maximum absolute atomic E-state index is 12.8. The van der Waals surface area contributed by atoms with Crippen LogP contribution in [0.3, 0.4) is 0 Å².